The van der Waals surface area contributed by atoms with Crippen LogP contribution in [0, 0.1) is 0 Å². The Labute approximate surface area is 205 Å². The molecule has 2 aromatic carbocycles. The van der Waals surface area contributed by atoms with Crippen LogP contribution in [-0.2, 0) is 19.0 Å². The largest absolute Gasteiger partial charge is 0.494 e. The molecule has 1 amide bonds. The van der Waals surface area contributed by atoms with Crippen LogP contribution in [0.5, 0.6) is 5.75 Å². The highest BCUT2D eigenvalue weighted by Gasteiger charge is 2.52. The number of rotatable bonds is 14. The van der Waals surface area contributed by atoms with E-state index < -0.39 is 17.9 Å². The second-order valence-corrected chi connectivity index (χ2v) is 7.93. The Hall–Kier alpha value is -3.24. The fraction of sp³-hybridized carbons (Fsp3) is 0.385. The van der Waals surface area contributed by atoms with Gasteiger partial charge in [0.2, 0.25) is 5.90 Å². The highest BCUT2D eigenvalue weighted by molar-refractivity contribution is 6.01. The number of carbonyl (C=O) groups excluding carboxylic acids is 1. The summed E-state index contributed by atoms with van der Waals surface area (Å²) < 4.78 is 22.2. The van der Waals surface area contributed by atoms with Crippen molar-refractivity contribution in [2.24, 2.45) is 4.99 Å². The normalized spacial score (nSPS) is 19.2. The molecular weight excluding hydrogens is 450 g/mol. The Balaban J connectivity index is 1.89. The topological polar surface area (TPSA) is 111 Å². The number of hydrogen-bond donors (Lipinski definition) is 3. The van der Waals surface area contributed by atoms with E-state index in [4.69, 9.17) is 29.0 Å². The summed E-state index contributed by atoms with van der Waals surface area (Å²) in [4.78, 5) is 18.4. The maximum absolute atomic E-state index is 13.5. The third-order valence-corrected chi connectivity index (χ3v) is 5.58. The number of benzene rings is 2. The van der Waals surface area contributed by atoms with Crippen LogP contribution in [0.4, 0.5) is 0 Å². The van der Waals surface area contributed by atoms with Crippen molar-refractivity contribution in [2.45, 2.75) is 30.8 Å². The molecule has 9 nitrogen and oxygen atoms in total. The molecule has 9 heteroatoms. The molecule has 0 aromatic heterocycles. The van der Waals surface area contributed by atoms with Crippen LogP contribution in [0.1, 0.15) is 30.1 Å². The number of methoxy groups -OCH3 is 2. The van der Waals surface area contributed by atoms with Gasteiger partial charge in [0.05, 0.1) is 13.2 Å². The van der Waals surface area contributed by atoms with E-state index >= 15 is 0 Å². The molecule has 3 rings (SSSR count). The van der Waals surface area contributed by atoms with Crippen LogP contribution in [0.25, 0.3) is 0 Å². The van der Waals surface area contributed by atoms with Crippen molar-refractivity contribution in [1.82, 2.24) is 10.9 Å². The molecule has 2 atom stereocenters. The molecule has 0 aliphatic carbocycles. The first kappa shape index (κ1) is 26.4. The molecule has 35 heavy (non-hydrogen) atoms. The van der Waals surface area contributed by atoms with Gasteiger partial charge in [-0.1, -0.05) is 36.4 Å². The fourth-order valence-corrected chi connectivity index (χ4v) is 3.75. The Morgan fingerprint density at radius 2 is 1.91 bits per heavy atom. The number of ether oxygens (including phenoxy) is 4. The van der Waals surface area contributed by atoms with E-state index in [0.717, 1.165) is 5.56 Å². The van der Waals surface area contributed by atoms with Gasteiger partial charge >= 0.3 is 0 Å². The van der Waals surface area contributed by atoms with Crippen molar-refractivity contribution in [1.29, 1.82) is 0 Å². The summed E-state index contributed by atoms with van der Waals surface area (Å²) in [7, 11) is 3.04. The lowest BCUT2D eigenvalue weighted by Crippen LogP contribution is -2.53. The lowest BCUT2D eigenvalue weighted by Gasteiger charge is -2.30. The number of aliphatic hydroxyl groups is 1. The second-order valence-electron chi connectivity index (χ2n) is 7.93. The van der Waals surface area contributed by atoms with Crippen molar-refractivity contribution < 1.29 is 28.8 Å². The van der Waals surface area contributed by atoms with Gasteiger partial charge < -0.3 is 24.1 Å². The van der Waals surface area contributed by atoms with Gasteiger partial charge in [0, 0.05) is 39.2 Å². The molecule has 0 spiro atoms. The van der Waals surface area contributed by atoms with Crippen molar-refractivity contribution in [3.8, 4) is 5.75 Å². The number of amides is 1. The molecule has 0 saturated carbocycles. The number of hydrogen-bond acceptors (Lipinski definition) is 8. The highest BCUT2D eigenvalue weighted by atomic mass is 16.7. The Kier molecular flexibility index (Phi) is 9.80. The monoisotopic (exact) mass is 483 g/mol. The molecule has 0 fully saturated rings. The zero-order chi connectivity index (χ0) is 25.1. The maximum Gasteiger partial charge on any atom is 0.266 e. The molecule has 0 unspecified atom stereocenters. The fourth-order valence-electron chi connectivity index (χ4n) is 3.75. The van der Waals surface area contributed by atoms with Gasteiger partial charge in [-0.05, 0) is 29.8 Å². The number of hydrazine groups is 1. The minimum Gasteiger partial charge on any atom is -0.494 e. The van der Waals surface area contributed by atoms with Gasteiger partial charge in [0.1, 0.15) is 5.75 Å². The molecule has 1 aliphatic heterocycles. The zero-order valence-electron chi connectivity index (χ0n) is 20.1. The number of aliphatic hydroxyl groups excluding tert-OH is 1. The predicted molar refractivity (Wildman–Crippen MR) is 132 cm³/mol. The molecule has 3 N–H and O–H groups in total. The van der Waals surface area contributed by atoms with Crippen molar-refractivity contribution in [2.75, 3.05) is 34.0 Å². The van der Waals surface area contributed by atoms with Crippen molar-refractivity contribution >= 4 is 11.8 Å². The third-order valence-electron chi connectivity index (χ3n) is 5.58. The van der Waals surface area contributed by atoms with Crippen LogP contribution in [0.15, 0.2) is 72.2 Å². The Morgan fingerprint density at radius 1 is 1.20 bits per heavy atom. The lowest BCUT2D eigenvalue weighted by atomic mass is 9.84. The zero-order valence-corrected chi connectivity index (χ0v) is 20.1. The highest BCUT2D eigenvalue weighted by Crippen LogP contribution is 2.42. The molecule has 0 saturated heterocycles. The third kappa shape index (κ3) is 6.46. The first-order valence-corrected chi connectivity index (χ1v) is 11.4. The van der Waals surface area contributed by atoms with Crippen LogP contribution >= 0.6 is 0 Å². The van der Waals surface area contributed by atoms with Gasteiger partial charge in [-0.15, -0.1) is 6.58 Å². The number of nitrogens with zero attached hydrogens (tertiary/aromatic N) is 1. The van der Waals surface area contributed by atoms with Crippen molar-refractivity contribution in [3.63, 3.8) is 0 Å². The van der Waals surface area contributed by atoms with Gasteiger partial charge in [-0.25, -0.2) is 10.4 Å². The SMILES string of the molecule is C=CC[C@]1(C(=O)NNCC(OC)OC)N=C(c2ccc(OCCCO)cc2)O[C@H]1c1ccccc1. The van der Waals surface area contributed by atoms with E-state index in [1.165, 1.54) is 14.2 Å². The molecule has 0 bridgehead atoms. The first-order valence-electron chi connectivity index (χ1n) is 11.4. The van der Waals surface area contributed by atoms with Crippen LogP contribution < -0.4 is 15.6 Å². The number of nitrogens with one attached hydrogen (secondary N) is 2. The van der Waals surface area contributed by atoms with E-state index in [1.54, 1.807) is 18.2 Å². The first-order chi connectivity index (χ1) is 17.1. The maximum atomic E-state index is 13.5. The van der Waals surface area contributed by atoms with Crippen LogP contribution in [0.2, 0.25) is 0 Å². The summed E-state index contributed by atoms with van der Waals surface area (Å²) in [5, 5.41) is 8.93. The number of aliphatic imine (C=N–C) groups is 1. The Bertz CT molecular complexity index is 978. The standard InChI is InChI=1S/C26H33N3O6/c1-4-15-26(25(31)29-27-18-22(32-2)33-3)23(19-9-6-5-7-10-19)35-24(28-26)20-11-13-21(14-12-20)34-17-8-16-30/h4-7,9-14,22-23,27,30H,1,8,15-18H2,2-3H3,(H,29,31)/t23-,26-/m0/s1. The summed E-state index contributed by atoms with van der Waals surface area (Å²) in [6.45, 7) is 4.60. The van der Waals surface area contributed by atoms with E-state index in [9.17, 15) is 4.79 Å². The Morgan fingerprint density at radius 3 is 2.54 bits per heavy atom. The summed E-state index contributed by atoms with van der Waals surface area (Å²) >= 11 is 0. The predicted octanol–water partition coefficient (Wildman–Crippen LogP) is 2.52. The molecule has 2 aromatic rings. The molecule has 1 heterocycles. The van der Waals surface area contributed by atoms with Gasteiger partial charge in [0.25, 0.3) is 5.91 Å². The molecule has 0 radical (unpaired) electrons. The number of carbonyl (C=O) groups is 1. The van der Waals surface area contributed by atoms with Gasteiger partial charge in [-0.2, -0.15) is 0 Å². The minimum absolute atomic E-state index is 0.0729. The molecule has 188 valence electrons. The summed E-state index contributed by atoms with van der Waals surface area (Å²) in [5.41, 5.74) is 5.85. The lowest BCUT2D eigenvalue weighted by molar-refractivity contribution is -0.131. The van der Waals surface area contributed by atoms with E-state index in [2.05, 4.69) is 17.4 Å². The minimum atomic E-state index is -1.28. The summed E-state index contributed by atoms with van der Waals surface area (Å²) in [6.07, 6.45) is 1.28. The summed E-state index contributed by atoms with van der Waals surface area (Å²) in [5.74, 6) is 0.658. The second kappa shape index (κ2) is 13.0. The van der Waals surface area contributed by atoms with Crippen LogP contribution in [0.3, 0.4) is 0 Å². The van der Waals surface area contributed by atoms with E-state index in [-0.39, 0.29) is 25.5 Å². The average Bonchev–Trinajstić information content (AvgIpc) is 3.28. The quantitative estimate of drug-likeness (QED) is 0.164. The average molecular weight is 484 g/mol. The van der Waals surface area contributed by atoms with Gasteiger partial charge in [0.15, 0.2) is 17.9 Å². The molecule has 1 aliphatic rings. The smallest absolute Gasteiger partial charge is 0.266 e. The van der Waals surface area contributed by atoms with E-state index in [1.807, 2.05) is 42.5 Å². The van der Waals surface area contributed by atoms with E-state index in [0.29, 0.717) is 30.2 Å². The van der Waals surface area contributed by atoms with Gasteiger partial charge in [-0.3, -0.25) is 10.2 Å². The molecular formula is C26H33N3O6. The van der Waals surface area contributed by atoms with Crippen LogP contribution in [-0.4, -0.2) is 62.7 Å². The summed E-state index contributed by atoms with van der Waals surface area (Å²) in [6, 6.07) is 16.8. The van der Waals surface area contributed by atoms with Crippen molar-refractivity contribution in [3.05, 3.63) is 78.4 Å².